The standard InChI is InChI=1S/C7H8N2O5.ClH/c1-13-7(10)6(8)4-2-3-5(14-4)9(11)12;/h2-3,6H,8H2,1H3;1H/t6-;/m0./s1. The number of nitro groups is 1. The second-order valence-electron chi connectivity index (χ2n) is 2.43. The monoisotopic (exact) mass is 236 g/mol. The van der Waals surface area contributed by atoms with Crippen LogP contribution in [0.4, 0.5) is 5.88 Å². The van der Waals surface area contributed by atoms with Crippen LogP contribution in [0.3, 0.4) is 0 Å². The Balaban J connectivity index is 0.00000196. The number of esters is 1. The van der Waals surface area contributed by atoms with Crippen molar-refractivity contribution in [2.75, 3.05) is 7.11 Å². The van der Waals surface area contributed by atoms with Gasteiger partial charge in [0.15, 0.2) is 6.04 Å². The van der Waals surface area contributed by atoms with E-state index < -0.39 is 22.8 Å². The number of hydrogen-bond donors (Lipinski definition) is 1. The number of rotatable bonds is 3. The third-order valence-electron chi connectivity index (χ3n) is 1.55. The highest BCUT2D eigenvalue weighted by molar-refractivity contribution is 5.85. The van der Waals surface area contributed by atoms with Gasteiger partial charge < -0.3 is 14.9 Å². The summed E-state index contributed by atoms with van der Waals surface area (Å²) in [7, 11) is 1.17. The second-order valence-corrected chi connectivity index (χ2v) is 2.43. The van der Waals surface area contributed by atoms with Crippen LogP contribution in [0.2, 0.25) is 0 Å². The number of carbonyl (C=O) groups excluding carboxylic acids is 1. The number of methoxy groups -OCH3 is 1. The minimum absolute atomic E-state index is 0. The van der Waals surface area contributed by atoms with E-state index in [0.29, 0.717) is 0 Å². The molecule has 0 aliphatic carbocycles. The van der Waals surface area contributed by atoms with E-state index in [9.17, 15) is 14.9 Å². The Morgan fingerprint density at radius 1 is 1.67 bits per heavy atom. The van der Waals surface area contributed by atoms with Crippen molar-refractivity contribution in [3.8, 4) is 0 Å². The van der Waals surface area contributed by atoms with Crippen molar-refractivity contribution < 1.29 is 18.9 Å². The topological polar surface area (TPSA) is 109 Å². The third-order valence-corrected chi connectivity index (χ3v) is 1.55. The Bertz CT molecular complexity index is 364. The van der Waals surface area contributed by atoms with Crippen molar-refractivity contribution >= 4 is 24.3 Å². The molecule has 0 amide bonds. The van der Waals surface area contributed by atoms with Crippen LogP contribution >= 0.6 is 12.4 Å². The Labute approximate surface area is 90.7 Å². The molecule has 0 aromatic carbocycles. The van der Waals surface area contributed by atoms with Crippen molar-refractivity contribution in [3.63, 3.8) is 0 Å². The molecule has 0 spiro atoms. The van der Waals surface area contributed by atoms with Gasteiger partial charge in [0.05, 0.1) is 13.2 Å². The lowest BCUT2D eigenvalue weighted by atomic mass is 10.2. The van der Waals surface area contributed by atoms with Crippen LogP contribution in [0.25, 0.3) is 0 Å². The van der Waals surface area contributed by atoms with Gasteiger partial charge in [-0.05, 0) is 6.07 Å². The number of nitrogens with zero attached hydrogens (tertiary/aromatic N) is 1. The highest BCUT2D eigenvalue weighted by atomic mass is 35.5. The molecule has 0 saturated heterocycles. The number of hydrogen-bond acceptors (Lipinski definition) is 6. The van der Waals surface area contributed by atoms with Crippen LogP contribution in [-0.2, 0) is 9.53 Å². The molecule has 0 radical (unpaired) electrons. The molecule has 2 N–H and O–H groups in total. The fraction of sp³-hybridized carbons (Fsp3) is 0.286. The zero-order valence-corrected chi connectivity index (χ0v) is 8.52. The molecule has 1 atom stereocenters. The summed E-state index contributed by atoms with van der Waals surface area (Å²) in [5.41, 5.74) is 5.37. The van der Waals surface area contributed by atoms with Gasteiger partial charge in [0.25, 0.3) is 0 Å². The first kappa shape index (κ1) is 13.4. The highest BCUT2D eigenvalue weighted by Crippen LogP contribution is 2.20. The molecule has 1 aromatic rings. The first-order chi connectivity index (χ1) is 6.56. The minimum atomic E-state index is -1.13. The van der Waals surface area contributed by atoms with E-state index in [1.165, 1.54) is 13.2 Å². The normalized spacial score (nSPS) is 11.3. The van der Waals surface area contributed by atoms with Crippen LogP contribution < -0.4 is 5.73 Å². The lowest BCUT2D eigenvalue weighted by Crippen LogP contribution is -2.21. The molecule has 84 valence electrons. The molecule has 0 fully saturated rings. The Morgan fingerprint density at radius 2 is 2.27 bits per heavy atom. The highest BCUT2D eigenvalue weighted by Gasteiger charge is 2.22. The maximum atomic E-state index is 10.9. The number of nitrogens with two attached hydrogens (primary N) is 1. The van der Waals surface area contributed by atoms with Gasteiger partial charge in [-0.3, -0.25) is 10.1 Å². The van der Waals surface area contributed by atoms with Crippen molar-refractivity contribution in [1.82, 2.24) is 0 Å². The lowest BCUT2D eigenvalue weighted by Gasteiger charge is -2.03. The summed E-state index contributed by atoms with van der Waals surface area (Å²) in [5.74, 6) is -1.17. The second kappa shape index (κ2) is 5.32. The number of carbonyl (C=O) groups is 1. The number of furan rings is 1. The zero-order chi connectivity index (χ0) is 10.7. The lowest BCUT2D eigenvalue weighted by molar-refractivity contribution is -0.402. The van der Waals surface area contributed by atoms with Crippen LogP contribution in [0.1, 0.15) is 11.8 Å². The van der Waals surface area contributed by atoms with E-state index in [2.05, 4.69) is 4.74 Å². The van der Waals surface area contributed by atoms with E-state index in [1.54, 1.807) is 0 Å². The molecule has 0 aliphatic rings. The number of halogens is 1. The van der Waals surface area contributed by atoms with Crippen LogP contribution in [0.5, 0.6) is 0 Å². The first-order valence-electron chi connectivity index (χ1n) is 3.63. The fourth-order valence-corrected chi connectivity index (χ4v) is 0.851. The van der Waals surface area contributed by atoms with Gasteiger partial charge in [-0.1, -0.05) is 0 Å². The molecule has 1 heterocycles. The summed E-state index contributed by atoms with van der Waals surface area (Å²) in [4.78, 5) is 20.4. The molecule has 7 nitrogen and oxygen atoms in total. The van der Waals surface area contributed by atoms with Gasteiger partial charge in [0.2, 0.25) is 0 Å². The molecular formula is C7H9ClN2O5. The summed E-state index contributed by atoms with van der Waals surface area (Å²) < 4.78 is 9.05. The van der Waals surface area contributed by atoms with Gasteiger partial charge in [-0.2, -0.15) is 0 Å². The van der Waals surface area contributed by atoms with E-state index in [4.69, 9.17) is 10.2 Å². The fourth-order valence-electron chi connectivity index (χ4n) is 0.851. The van der Waals surface area contributed by atoms with E-state index in [0.717, 1.165) is 6.07 Å². The summed E-state index contributed by atoms with van der Waals surface area (Å²) >= 11 is 0. The van der Waals surface area contributed by atoms with Gasteiger partial charge in [0, 0.05) is 0 Å². The average molecular weight is 237 g/mol. The molecule has 0 aliphatic heterocycles. The van der Waals surface area contributed by atoms with Gasteiger partial charge in [0.1, 0.15) is 10.7 Å². The molecule has 0 saturated carbocycles. The molecule has 1 rings (SSSR count). The summed E-state index contributed by atoms with van der Waals surface area (Å²) in [6, 6.07) is 1.26. The maximum absolute atomic E-state index is 10.9. The smallest absolute Gasteiger partial charge is 0.433 e. The Kier molecular flexibility index (Phi) is 4.75. The quantitative estimate of drug-likeness (QED) is 0.472. The summed E-state index contributed by atoms with van der Waals surface area (Å²) in [6.45, 7) is 0. The third kappa shape index (κ3) is 2.93. The predicted molar refractivity (Wildman–Crippen MR) is 51.6 cm³/mol. The van der Waals surface area contributed by atoms with E-state index in [-0.39, 0.29) is 18.2 Å². The Morgan fingerprint density at radius 3 is 2.67 bits per heavy atom. The average Bonchev–Trinajstić information content (AvgIpc) is 2.64. The molecule has 1 aromatic heterocycles. The van der Waals surface area contributed by atoms with Crippen molar-refractivity contribution in [1.29, 1.82) is 0 Å². The molecule has 0 bridgehead atoms. The van der Waals surface area contributed by atoms with Crippen molar-refractivity contribution in [3.05, 3.63) is 28.0 Å². The number of ether oxygens (including phenoxy) is 1. The van der Waals surface area contributed by atoms with Crippen LogP contribution in [-0.4, -0.2) is 18.0 Å². The van der Waals surface area contributed by atoms with Crippen molar-refractivity contribution in [2.24, 2.45) is 5.73 Å². The molecule has 0 unspecified atom stereocenters. The summed E-state index contributed by atoms with van der Waals surface area (Å²) in [5, 5.41) is 10.2. The molecule has 8 heteroatoms. The first-order valence-corrected chi connectivity index (χ1v) is 3.63. The Hall–Kier alpha value is -1.60. The van der Waals surface area contributed by atoms with Gasteiger partial charge in [-0.15, -0.1) is 12.4 Å². The van der Waals surface area contributed by atoms with Crippen molar-refractivity contribution in [2.45, 2.75) is 6.04 Å². The SMILES string of the molecule is COC(=O)[C@@H](N)c1ccc([N+](=O)[O-])o1.Cl. The molecular weight excluding hydrogens is 228 g/mol. The van der Waals surface area contributed by atoms with Gasteiger partial charge >= 0.3 is 11.9 Å². The van der Waals surface area contributed by atoms with E-state index >= 15 is 0 Å². The minimum Gasteiger partial charge on any atom is -0.468 e. The summed E-state index contributed by atoms with van der Waals surface area (Å²) in [6.07, 6.45) is 0. The van der Waals surface area contributed by atoms with Crippen LogP contribution in [0.15, 0.2) is 16.5 Å². The van der Waals surface area contributed by atoms with E-state index in [1.807, 2.05) is 0 Å². The van der Waals surface area contributed by atoms with Gasteiger partial charge in [-0.25, -0.2) is 4.79 Å². The molecule has 15 heavy (non-hydrogen) atoms. The zero-order valence-electron chi connectivity index (χ0n) is 7.71. The predicted octanol–water partition coefficient (Wildman–Crippen LogP) is 0.782. The largest absolute Gasteiger partial charge is 0.468 e. The maximum Gasteiger partial charge on any atom is 0.433 e. The van der Waals surface area contributed by atoms with Crippen LogP contribution in [0, 0.1) is 10.1 Å².